The van der Waals surface area contributed by atoms with Gasteiger partial charge in [-0.2, -0.15) is 0 Å². The van der Waals surface area contributed by atoms with Crippen molar-refractivity contribution in [3.8, 4) is 0 Å². The summed E-state index contributed by atoms with van der Waals surface area (Å²) in [5, 5.41) is 3.46. The van der Waals surface area contributed by atoms with Crippen LogP contribution in [0.25, 0.3) is 0 Å². The van der Waals surface area contributed by atoms with Gasteiger partial charge in [0.1, 0.15) is 5.82 Å². The van der Waals surface area contributed by atoms with E-state index in [1.165, 1.54) is 5.56 Å². The largest absolute Gasteiger partial charge is 0.383 e. The summed E-state index contributed by atoms with van der Waals surface area (Å²) in [5.41, 5.74) is 1.21. The van der Waals surface area contributed by atoms with Crippen LogP contribution < -0.4 is 10.2 Å². The molecule has 1 rings (SSSR count). The lowest BCUT2D eigenvalue weighted by atomic mass is 10.2. The van der Waals surface area contributed by atoms with E-state index in [1.807, 2.05) is 6.20 Å². The van der Waals surface area contributed by atoms with Crippen molar-refractivity contribution in [1.29, 1.82) is 0 Å². The summed E-state index contributed by atoms with van der Waals surface area (Å²) >= 11 is 3.51. The molecule has 0 aromatic carbocycles. The topological polar surface area (TPSA) is 37.4 Å². The maximum absolute atomic E-state index is 5.21. The number of hydrogen-bond donors (Lipinski definition) is 1. The molecule has 5 heteroatoms. The fourth-order valence-corrected chi connectivity index (χ4v) is 2.35. The van der Waals surface area contributed by atoms with Crippen LogP contribution in [0.5, 0.6) is 0 Å². The van der Waals surface area contributed by atoms with Crippen molar-refractivity contribution in [3.63, 3.8) is 0 Å². The Kier molecular flexibility index (Phi) is 7.48. The van der Waals surface area contributed by atoms with E-state index in [1.54, 1.807) is 7.11 Å². The van der Waals surface area contributed by atoms with Gasteiger partial charge in [0.05, 0.1) is 6.61 Å². The maximum Gasteiger partial charge on any atom is 0.133 e. The zero-order chi connectivity index (χ0) is 15.1. The molecule has 0 radical (unpaired) electrons. The fourth-order valence-electron chi connectivity index (χ4n) is 1.98. The van der Waals surface area contributed by atoms with Crippen molar-refractivity contribution < 1.29 is 4.74 Å². The van der Waals surface area contributed by atoms with Crippen LogP contribution in [-0.4, -0.2) is 37.3 Å². The van der Waals surface area contributed by atoms with Gasteiger partial charge in [0.15, 0.2) is 0 Å². The zero-order valence-electron chi connectivity index (χ0n) is 13.1. The van der Waals surface area contributed by atoms with E-state index in [2.05, 4.69) is 64.9 Å². The van der Waals surface area contributed by atoms with Crippen LogP contribution in [0.15, 0.2) is 16.7 Å². The van der Waals surface area contributed by atoms with E-state index in [9.17, 15) is 0 Å². The Bertz CT molecular complexity index is 410. The van der Waals surface area contributed by atoms with Crippen molar-refractivity contribution in [1.82, 2.24) is 10.3 Å². The average molecular weight is 344 g/mol. The number of hydrogen-bond acceptors (Lipinski definition) is 4. The van der Waals surface area contributed by atoms with Crippen LogP contribution >= 0.6 is 15.9 Å². The minimum Gasteiger partial charge on any atom is -0.383 e. The van der Waals surface area contributed by atoms with Crippen LogP contribution in [0, 0.1) is 0 Å². The number of nitrogens with one attached hydrogen (secondary N) is 1. The maximum atomic E-state index is 5.21. The molecule has 0 saturated heterocycles. The summed E-state index contributed by atoms with van der Waals surface area (Å²) in [6.45, 7) is 11.0. The lowest BCUT2D eigenvalue weighted by Crippen LogP contribution is -2.36. The van der Waals surface area contributed by atoms with Crippen LogP contribution in [0.1, 0.15) is 33.3 Å². The SMILES string of the molecule is COCCN(c1ncc(Br)cc1CNC(C)C)C(C)C. The van der Waals surface area contributed by atoms with Gasteiger partial charge in [0, 0.05) is 48.5 Å². The summed E-state index contributed by atoms with van der Waals surface area (Å²) in [5.74, 6) is 1.04. The second-order valence-electron chi connectivity index (χ2n) is 5.45. The minimum absolute atomic E-state index is 0.386. The van der Waals surface area contributed by atoms with Gasteiger partial charge in [0.25, 0.3) is 0 Å². The molecule has 0 aliphatic heterocycles. The van der Waals surface area contributed by atoms with Gasteiger partial charge in [-0.25, -0.2) is 4.98 Å². The lowest BCUT2D eigenvalue weighted by molar-refractivity contribution is 0.203. The second kappa shape index (κ2) is 8.60. The van der Waals surface area contributed by atoms with Gasteiger partial charge in [-0.05, 0) is 35.8 Å². The zero-order valence-corrected chi connectivity index (χ0v) is 14.7. The van der Waals surface area contributed by atoms with Crippen molar-refractivity contribution in [2.75, 3.05) is 25.2 Å². The highest BCUT2D eigenvalue weighted by molar-refractivity contribution is 9.10. The summed E-state index contributed by atoms with van der Waals surface area (Å²) < 4.78 is 6.22. The molecular formula is C15H26BrN3O. The van der Waals surface area contributed by atoms with E-state index >= 15 is 0 Å². The Labute approximate surface area is 131 Å². The molecule has 20 heavy (non-hydrogen) atoms. The molecule has 4 nitrogen and oxygen atoms in total. The third-order valence-electron chi connectivity index (χ3n) is 3.04. The smallest absolute Gasteiger partial charge is 0.133 e. The number of halogens is 1. The quantitative estimate of drug-likeness (QED) is 0.786. The lowest BCUT2D eigenvalue weighted by Gasteiger charge is -2.29. The predicted molar refractivity (Wildman–Crippen MR) is 88.3 cm³/mol. The first-order chi connectivity index (χ1) is 9.45. The van der Waals surface area contributed by atoms with Gasteiger partial charge in [-0.15, -0.1) is 0 Å². The Balaban J connectivity index is 2.99. The Hall–Kier alpha value is -0.650. The number of methoxy groups -OCH3 is 1. The molecule has 0 spiro atoms. The third-order valence-corrected chi connectivity index (χ3v) is 3.48. The molecule has 1 heterocycles. The Morgan fingerprint density at radius 1 is 1.35 bits per heavy atom. The molecule has 0 unspecified atom stereocenters. The number of pyridine rings is 1. The van der Waals surface area contributed by atoms with Crippen molar-refractivity contribution in [3.05, 3.63) is 22.3 Å². The second-order valence-corrected chi connectivity index (χ2v) is 6.37. The van der Waals surface area contributed by atoms with E-state index < -0.39 is 0 Å². The van der Waals surface area contributed by atoms with Crippen LogP contribution in [0.3, 0.4) is 0 Å². The van der Waals surface area contributed by atoms with Gasteiger partial charge < -0.3 is 15.0 Å². The Morgan fingerprint density at radius 2 is 2.05 bits per heavy atom. The first-order valence-corrected chi connectivity index (χ1v) is 7.88. The fraction of sp³-hybridized carbons (Fsp3) is 0.667. The molecule has 114 valence electrons. The molecule has 1 aromatic heterocycles. The third kappa shape index (κ3) is 5.38. The molecule has 0 fully saturated rings. The van der Waals surface area contributed by atoms with Crippen LogP contribution in [0.2, 0.25) is 0 Å². The predicted octanol–water partition coefficient (Wildman–Crippen LogP) is 3.20. The highest BCUT2D eigenvalue weighted by Crippen LogP contribution is 2.23. The van der Waals surface area contributed by atoms with E-state index in [0.717, 1.165) is 23.4 Å². The number of nitrogens with zero attached hydrogens (tertiary/aromatic N) is 2. The summed E-state index contributed by atoms with van der Waals surface area (Å²) in [4.78, 5) is 6.90. The highest BCUT2D eigenvalue weighted by Gasteiger charge is 2.16. The first-order valence-electron chi connectivity index (χ1n) is 7.09. The average Bonchev–Trinajstić information content (AvgIpc) is 2.38. The molecular weight excluding hydrogens is 318 g/mol. The molecule has 0 bridgehead atoms. The number of anilines is 1. The number of rotatable bonds is 8. The van der Waals surface area contributed by atoms with E-state index in [-0.39, 0.29) is 0 Å². The Morgan fingerprint density at radius 3 is 2.60 bits per heavy atom. The molecule has 0 aliphatic rings. The monoisotopic (exact) mass is 343 g/mol. The van der Waals surface area contributed by atoms with Gasteiger partial charge in [-0.1, -0.05) is 13.8 Å². The molecule has 0 saturated carbocycles. The first kappa shape index (κ1) is 17.4. The molecule has 1 aromatic rings. The van der Waals surface area contributed by atoms with Crippen molar-refractivity contribution in [2.45, 2.75) is 46.3 Å². The number of aromatic nitrogens is 1. The van der Waals surface area contributed by atoms with Crippen molar-refractivity contribution >= 4 is 21.7 Å². The van der Waals surface area contributed by atoms with Crippen molar-refractivity contribution in [2.24, 2.45) is 0 Å². The molecule has 0 amide bonds. The van der Waals surface area contributed by atoms with Crippen LogP contribution in [0.4, 0.5) is 5.82 Å². The minimum atomic E-state index is 0.386. The molecule has 0 atom stereocenters. The summed E-state index contributed by atoms with van der Waals surface area (Å²) in [6.07, 6.45) is 1.86. The standard InChI is InChI=1S/C15H26BrN3O/c1-11(2)17-9-13-8-14(16)10-18-15(13)19(12(3)4)6-7-20-5/h8,10-12,17H,6-7,9H2,1-5H3. The molecule has 1 N–H and O–H groups in total. The van der Waals surface area contributed by atoms with Gasteiger partial charge in [0.2, 0.25) is 0 Å². The summed E-state index contributed by atoms with van der Waals surface area (Å²) in [7, 11) is 1.73. The van der Waals surface area contributed by atoms with Gasteiger partial charge >= 0.3 is 0 Å². The van der Waals surface area contributed by atoms with E-state index in [4.69, 9.17) is 4.74 Å². The summed E-state index contributed by atoms with van der Waals surface area (Å²) in [6, 6.07) is 2.98. The molecule has 0 aliphatic carbocycles. The normalized spacial score (nSPS) is 11.4. The number of ether oxygens (including phenoxy) is 1. The van der Waals surface area contributed by atoms with Crippen LogP contribution in [-0.2, 0) is 11.3 Å². The van der Waals surface area contributed by atoms with Gasteiger partial charge in [-0.3, -0.25) is 0 Å². The highest BCUT2D eigenvalue weighted by atomic mass is 79.9. The van der Waals surface area contributed by atoms with E-state index in [0.29, 0.717) is 18.7 Å².